The van der Waals surface area contributed by atoms with Crippen LogP contribution in [0.2, 0.25) is 0 Å². The Hall–Kier alpha value is -4.26. The molecule has 2 aromatic carbocycles. The Morgan fingerprint density at radius 2 is 1.66 bits per heavy atom. The normalized spacial score (nSPS) is 11.9. The van der Waals surface area contributed by atoms with Crippen LogP contribution in [0, 0.1) is 5.92 Å². The van der Waals surface area contributed by atoms with Gasteiger partial charge in [-0.1, -0.05) is 35.5 Å². The van der Waals surface area contributed by atoms with Gasteiger partial charge in [-0.2, -0.15) is 13.2 Å². The molecule has 0 aliphatic carbocycles. The Kier molecular flexibility index (Phi) is 9.55. The van der Waals surface area contributed by atoms with Crippen LogP contribution in [0.4, 0.5) is 13.2 Å². The van der Waals surface area contributed by atoms with E-state index in [-0.39, 0.29) is 12.1 Å². The molecule has 4 aromatic rings. The van der Waals surface area contributed by atoms with Gasteiger partial charge < -0.3 is 10.2 Å². The van der Waals surface area contributed by atoms with Gasteiger partial charge in [0, 0.05) is 29.6 Å². The second kappa shape index (κ2) is 12.8. The number of alkyl halides is 3. The zero-order valence-electron chi connectivity index (χ0n) is 19.6. The highest BCUT2D eigenvalue weighted by atomic mass is 32.2. The lowest BCUT2D eigenvalue weighted by atomic mass is 10.1. The highest BCUT2D eigenvalue weighted by Gasteiger charge is 2.38. The lowest BCUT2D eigenvalue weighted by Crippen LogP contribution is -2.27. The first-order chi connectivity index (χ1) is 18.1. The molecule has 0 amide bonds. The molecule has 0 saturated carbocycles. The quantitative estimate of drug-likeness (QED) is 0.309. The molecule has 0 fully saturated rings. The molecule has 9 nitrogen and oxygen atoms in total. The fraction of sp³-hybridized carbons (Fsp3) is 0.200. The molecule has 1 atom stereocenters. The number of fused-ring (bicyclic) bond motifs is 1. The summed E-state index contributed by atoms with van der Waals surface area (Å²) in [5.41, 5.74) is 2.36. The number of aliphatic carboxylic acids is 2. The molecule has 1 unspecified atom stereocenters. The van der Waals surface area contributed by atoms with Crippen molar-refractivity contribution in [3.63, 3.8) is 0 Å². The maximum absolute atomic E-state index is 12.5. The van der Waals surface area contributed by atoms with E-state index in [9.17, 15) is 27.9 Å². The highest BCUT2D eigenvalue weighted by molar-refractivity contribution is 7.99. The number of carboxylic acid groups (broad SMARTS) is 2. The summed E-state index contributed by atoms with van der Waals surface area (Å²) in [6, 6.07) is 18.8. The van der Waals surface area contributed by atoms with Crippen LogP contribution in [-0.2, 0) is 16.1 Å². The lowest BCUT2D eigenvalue weighted by Gasteiger charge is -2.13. The maximum atomic E-state index is 12.5. The summed E-state index contributed by atoms with van der Waals surface area (Å²) in [5.74, 6) is -3.85. The topological polar surface area (TPSA) is 135 Å². The first-order valence-corrected chi connectivity index (χ1v) is 12.0. The first-order valence-electron chi connectivity index (χ1n) is 11.0. The summed E-state index contributed by atoms with van der Waals surface area (Å²) in [4.78, 5) is 38.3. The van der Waals surface area contributed by atoms with Crippen molar-refractivity contribution in [1.29, 1.82) is 0 Å². The largest absolute Gasteiger partial charge is 0.490 e. The SMILES string of the molecule is O=C(O)C(CCn1nnc2ccccc2c1=O)CSc1ccc(-c2cccnc2)cc1.O=C(O)C(F)(F)F. The van der Waals surface area contributed by atoms with Gasteiger partial charge in [-0.05, 0) is 47.9 Å². The summed E-state index contributed by atoms with van der Waals surface area (Å²) in [6.45, 7) is 0.203. The fourth-order valence-corrected chi connectivity index (χ4v) is 4.23. The second-order valence-corrected chi connectivity index (χ2v) is 8.93. The van der Waals surface area contributed by atoms with Crippen molar-refractivity contribution in [3.8, 4) is 11.1 Å². The minimum Gasteiger partial charge on any atom is -0.481 e. The molecule has 198 valence electrons. The molecule has 2 heterocycles. The number of nitrogens with zero attached hydrogens (tertiary/aromatic N) is 4. The summed E-state index contributed by atoms with van der Waals surface area (Å²) in [6.07, 6.45) is -1.25. The van der Waals surface area contributed by atoms with Gasteiger partial charge in [0.25, 0.3) is 5.56 Å². The molecule has 0 aliphatic rings. The van der Waals surface area contributed by atoms with Gasteiger partial charge in [0.05, 0.1) is 11.3 Å². The number of rotatable bonds is 8. The van der Waals surface area contributed by atoms with Crippen molar-refractivity contribution in [1.82, 2.24) is 20.0 Å². The minimum absolute atomic E-state index is 0.203. The van der Waals surface area contributed by atoms with Crippen LogP contribution in [0.5, 0.6) is 0 Å². The number of hydrogen-bond acceptors (Lipinski definition) is 7. The number of halogens is 3. The van der Waals surface area contributed by atoms with Gasteiger partial charge in [-0.3, -0.25) is 14.6 Å². The van der Waals surface area contributed by atoms with Gasteiger partial charge >= 0.3 is 18.1 Å². The zero-order chi connectivity index (χ0) is 27.7. The summed E-state index contributed by atoms with van der Waals surface area (Å²) in [5, 5.41) is 25.2. The van der Waals surface area contributed by atoms with Crippen molar-refractivity contribution < 1.29 is 33.0 Å². The highest BCUT2D eigenvalue weighted by Crippen LogP contribution is 2.26. The number of carboxylic acids is 2. The number of carbonyl (C=O) groups is 2. The third kappa shape index (κ3) is 7.87. The number of hydrogen-bond donors (Lipinski definition) is 2. The van der Waals surface area contributed by atoms with E-state index < -0.39 is 24.0 Å². The summed E-state index contributed by atoms with van der Waals surface area (Å²) < 4.78 is 33.0. The molecule has 38 heavy (non-hydrogen) atoms. The Balaban J connectivity index is 0.000000505. The Bertz CT molecular complexity index is 1450. The number of aromatic nitrogens is 4. The molecular formula is C25H21F3N4O5S. The predicted molar refractivity (Wildman–Crippen MR) is 134 cm³/mol. The van der Waals surface area contributed by atoms with E-state index >= 15 is 0 Å². The third-order valence-corrected chi connectivity index (χ3v) is 6.39. The number of pyridine rings is 1. The van der Waals surface area contributed by atoms with Crippen LogP contribution in [0.15, 0.2) is 82.7 Å². The molecule has 0 spiro atoms. The molecule has 0 bridgehead atoms. The van der Waals surface area contributed by atoms with Crippen molar-refractivity contribution in [2.45, 2.75) is 24.0 Å². The van der Waals surface area contributed by atoms with Crippen molar-refractivity contribution >= 4 is 34.6 Å². The molecule has 0 aliphatic heterocycles. The first kappa shape index (κ1) is 28.3. The fourth-order valence-electron chi connectivity index (χ4n) is 3.20. The lowest BCUT2D eigenvalue weighted by molar-refractivity contribution is -0.192. The Labute approximate surface area is 218 Å². The van der Waals surface area contributed by atoms with E-state index in [1.807, 2.05) is 36.4 Å². The molecule has 2 aromatic heterocycles. The second-order valence-electron chi connectivity index (χ2n) is 7.84. The van der Waals surface area contributed by atoms with Crippen LogP contribution < -0.4 is 5.56 Å². The van der Waals surface area contributed by atoms with Crippen LogP contribution in [0.3, 0.4) is 0 Å². The van der Waals surface area contributed by atoms with Crippen LogP contribution in [0.25, 0.3) is 22.0 Å². The molecule has 0 radical (unpaired) electrons. The van der Waals surface area contributed by atoms with Crippen molar-refractivity contribution in [3.05, 3.63) is 83.4 Å². The van der Waals surface area contributed by atoms with E-state index in [1.165, 1.54) is 16.4 Å². The summed E-state index contributed by atoms with van der Waals surface area (Å²) in [7, 11) is 0. The van der Waals surface area contributed by atoms with E-state index in [0.29, 0.717) is 23.1 Å². The minimum atomic E-state index is -5.08. The average Bonchev–Trinajstić information content (AvgIpc) is 2.90. The molecule has 0 saturated heterocycles. The van der Waals surface area contributed by atoms with E-state index in [0.717, 1.165) is 16.0 Å². The molecule has 4 rings (SSSR count). The van der Waals surface area contributed by atoms with Gasteiger partial charge in [-0.15, -0.1) is 16.9 Å². The smallest absolute Gasteiger partial charge is 0.481 e. The van der Waals surface area contributed by atoms with Gasteiger partial charge in [0.1, 0.15) is 5.52 Å². The zero-order valence-corrected chi connectivity index (χ0v) is 20.4. The standard InChI is InChI=1S/C23H20N4O3S.C2HF3O2/c28-22-20-5-1-2-6-21(20)25-26-27(22)13-11-18(23(29)30)15-31-19-9-7-16(8-10-19)17-4-3-12-24-14-17;3-2(4,5)1(6)7/h1-10,12,14,18H,11,13,15H2,(H,29,30);(H,6,7). The number of aryl methyl sites for hydroxylation is 1. The van der Waals surface area contributed by atoms with Crippen LogP contribution in [0.1, 0.15) is 6.42 Å². The number of thioether (sulfide) groups is 1. The van der Waals surface area contributed by atoms with Crippen LogP contribution in [-0.4, -0.2) is 54.1 Å². The molecular weight excluding hydrogens is 525 g/mol. The monoisotopic (exact) mass is 546 g/mol. The maximum Gasteiger partial charge on any atom is 0.490 e. The average molecular weight is 547 g/mol. The Morgan fingerprint density at radius 3 is 2.26 bits per heavy atom. The number of benzene rings is 2. The van der Waals surface area contributed by atoms with Gasteiger partial charge in [-0.25, -0.2) is 9.48 Å². The van der Waals surface area contributed by atoms with Crippen molar-refractivity contribution in [2.75, 3.05) is 5.75 Å². The molecule has 2 N–H and O–H groups in total. The Morgan fingerprint density at radius 1 is 0.974 bits per heavy atom. The molecule has 13 heteroatoms. The van der Waals surface area contributed by atoms with E-state index in [1.54, 1.807) is 36.7 Å². The van der Waals surface area contributed by atoms with Crippen LogP contribution >= 0.6 is 11.8 Å². The van der Waals surface area contributed by atoms with E-state index in [4.69, 9.17) is 9.90 Å². The van der Waals surface area contributed by atoms with E-state index in [2.05, 4.69) is 15.3 Å². The van der Waals surface area contributed by atoms with Gasteiger partial charge in [0.15, 0.2) is 0 Å². The van der Waals surface area contributed by atoms with Gasteiger partial charge in [0.2, 0.25) is 0 Å². The van der Waals surface area contributed by atoms with Crippen molar-refractivity contribution in [2.24, 2.45) is 5.92 Å². The summed E-state index contributed by atoms with van der Waals surface area (Å²) >= 11 is 1.48. The third-order valence-electron chi connectivity index (χ3n) is 5.21. The predicted octanol–water partition coefficient (Wildman–Crippen LogP) is 4.37.